The van der Waals surface area contributed by atoms with E-state index in [9.17, 15) is 9.59 Å². The van der Waals surface area contributed by atoms with Crippen LogP contribution in [-0.2, 0) is 20.9 Å². The van der Waals surface area contributed by atoms with E-state index in [0.717, 1.165) is 19.6 Å². The maximum atomic E-state index is 11.7. The van der Waals surface area contributed by atoms with Crippen LogP contribution < -0.4 is 10.1 Å². The number of piperidine rings is 1. The highest BCUT2D eigenvalue weighted by Gasteiger charge is 2.10. The van der Waals surface area contributed by atoms with Gasteiger partial charge < -0.3 is 14.8 Å². The predicted molar refractivity (Wildman–Crippen MR) is 120 cm³/mol. The molecule has 0 aliphatic carbocycles. The Morgan fingerprint density at radius 2 is 2.10 bits per heavy atom. The van der Waals surface area contributed by atoms with Crippen LogP contribution in [0.25, 0.3) is 0 Å². The van der Waals surface area contributed by atoms with E-state index in [1.807, 2.05) is 24.3 Å². The molecule has 2 heterocycles. The Labute approximate surface area is 183 Å². The molecular formula is C22H33N3O4S. The molecule has 0 atom stereocenters. The van der Waals surface area contributed by atoms with E-state index in [-0.39, 0.29) is 11.9 Å². The number of carbonyl (C=O) groups excluding carboxylic acids is 2. The lowest BCUT2D eigenvalue weighted by Crippen LogP contribution is -2.29. The topological polar surface area (TPSA) is 80.8 Å². The maximum absolute atomic E-state index is 11.7. The molecule has 1 fully saturated rings. The van der Waals surface area contributed by atoms with E-state index in [0.29, 0.717) is 43.6 Å². The van der Waals surface area contributed by atoms with Crippen molar-refractivity contribution in [3.05, 3.63) is 36.0 Å². The first-order chi connectivity index (χ1) is 14.7. The van der Waals surface area contributed by atoms with Crippen LogP contribution in [0.15, 0.2) is 30.5 Å². The number of carbonyl (C=O) groups is 2. The fourth-order valence-corrected chi connectivity index (χ4v) is 3.63. The zero-order valence-corrected chi connectivity index (χ0v) is 18.6. The number of nitrogens with one attached hydrogen (secondary N) is 1. The SMILES string of the molecule is CCC(=O)OCCSCC(=O)NC/C=C\COc1cc(CN2CCCCC2)ccn1. The number of hydrogen-bond acceptors (Lipinski definition) is 7. The fourth-order valence-electron chi connectivity index (χ4n) is 2.99. The number of esters is 1. The van der Waals surface area contributed by atoms with Crippen LogP contribution in [0.1, 0.15) is 38.2 Å². The van der Waals surface area contributed by atoms with Gasteiger partial charge in [0.2, 0.25) is 11.8 Å². The molecule has 0 saturated carbocycles. The monoisotopic (exact) mass is 435 g/mol. The van der Waals surface area contributed by atoms with E-state index in [2.05, 4.69) is 15.2 Å². The number of pyridine rings is 1. The average Bonchev–Trinajstić information content (AvgIpc) is 2.76. The summed E-state index contributed by atoms with van der Waals surface area (Å²) in [5.74, 6) is 1.34. The molecular weight excluding hydrogens is 402 g/mol. The first kappa shape index (κ1) is 24.2. The number of thioether (sulfide) groups is 1. The van der Waals surface area contributed by atoms with Crippen molar-refractivity contribution >= 4 is 23.6 Å². The van der Waals surface area contributed by atoms with Crippen LogP contribution in [0.2, 0.25) is 0 Å². The summed E-state index contributed by atoms with van der Waals surface area (Å²) in [6.07, 6.45) is 9.80. The highest BCUT2D eigenvalue weighted by Crippen LogP contribution is 2.15. The number of likely N-dealkylation sites (tertiary alicyclic amines) is 1. The van der Waals surface area contributed by atoms with Gasteiger partial charge >= 0.3 is 5.97 Å². The standard InChI is InChI=1S/C22H33N3O4S/c1-2-22(27)29-14-15-30-18-20(26)23-9-4-7-13-28-21-16-19(8-10-24-21)17-25-11-5-3-6-12-25/h4,7-8,10,16H,2-3,5-6,9,11-15,17-18H2,1H3,(H,23,26)/b7-4-. The van der Waals surface area contributed by atoms with Crippen molar-refractivity contribution in [1.82, 2.24) is 15.2 Å². The number of ether oxygens (including phenoxy) is 2. The molecule has 1 aliphatic heterocycles. The Kier molecular flexibility index (Phi) is 12.0. The van der Waals surface area contributed by atoms with Gasteiger partial charge in [0.1, 0.15) is 13.2 Å². The van der Waals surface area contributed by atoms with Crippen LogP contribution in [0.4, 0.5) is 0 Å². The summed E-state index contributed by atoms with van der Waals surface area (Å²) in [6, 6.07) is 4.04. The van der Waals surface area contributed by atoms with Crippen molar-refractivity contribution in [3.8, 4) is 5.88 Å². The number of amides is 1. The minimum absolute atomic E-state index is 0.0422. The average molecular weight is 436 g/mol. The Hall–Kier alpha value is -2.06. The minimum atomic E-state index is -0.212. The summed E-state index contributed by atoms with van der Waals surface area (Å²) < 4.78 is 10.6. The van der Waals surface area contributed by atoms with Gasteiger partial charge in [-0.2, -0.15) is 0 Å². The van der Waals surface area contributed by atoms with Crippen LogP contribution in [0, 0.1) is 0 Å². The van der Waals surface area contributed by atoms with Gasteiger partial charge in [-0.1, -0.05) is 19.4 Å². The first-order valence-corrected chi connectivity index (χ1v) is 11.8. The highest BCUT2D eigenvalue weighted by molar-refractivity contribution is 7.99. The Morgan fingerprint density at radius 1 is 1.27 bits per heavy atom. The second-order valence-corrected chi connectivity index (χ2v) is 8.16. The second-order valence-electron chi connectivity index (χ2n) is 7.05. The molecule has 7 nitrogen and oxygen atoms in total. The largest absolute Gasteiger partial charge is 0.473 e. The molecule has 1 aromatic heterocycles. The molecule has 1 aliphatic rings. The molecule has 0 unspecified atom stereocenters. The van der Waals surface area contributed by atoms with E-state index in [1.165, 1.54) is 36.6 Å². The van der Waals surface area contributed by atoms with Gasteiger partial charge in [-0.25, -0.2) is 4.98 Å². The molecule has 1 amide bonds. The summed E-state index contributed by atoms with van der Waals surface area (Å²) in [6.45, 7) is 6.24. The third kappa shape index (κ3) is 10.6. The quantitative estimate of drug-likeness (QED) is 0.290. The lowest BCUT2D eigenvalue weighted by Gasteiger charge is -2.26. The summed E-state index contributed by atoms with van der Waals surface area (Å²) in [7, 11) is 0. The third-order valence-corrected chi connectivity index (χ3v) is 5.50. The van der Waals surface area contributed by atoms with Crippen LogP contribution in [-0.4, -0.2) is 66.1 Å². The first-order valence-electron chi connectivity index (χ1n) is 10.6. The smallest absolute Gasteiger partial charge is 0.305 e. The molecule has 0 bridgehead atoms. The molecule has 1 aromatic rings. The lowest BCUT2D eigenvalue weighted by atomic mass is 10.1. The van der Waals surface area contributed by atoms with Gasteiger partial charge in [0, 0.05) is 37.5 Å². The van der Waals surface area contributed by atoms with Crippen molar-refractivity contribution in [1.29, 1.82) is 0 Å². The van der Waals surface area contributed by atoms with Crippen molar-refractivity contribution in [2.75, 3.05) is 44.4 Å². The number of nitrogens with zero attached hydrogens (tertiary/aromatic N) is 2. The number of hydrogen-bond donors (Lipinski definition) is 1. The van der Waals surface area contributed by atoms with Crippen molar-refractivity contribution in [3.63, 3.8) is 0 Å². The lowest BCUT2D eigenvalue weighted by molar-refractivity contribution is -0.142. The second kappa shape index (κ2) is 14.8. The van der Waals surface area contributed by atoms with E-state index in [1.54, 1.807) is 13.1 Å². The normalized spacial score (nSPS) is 14.6. The van der Waals surface area contributed by atoms with E-state index in [4.69, 9.17) is 9.47 Å². The maximum Gasteiger partial charge on any atom is 0.305 e. The minimum Gasteiger partial charge on any atom is -0.473 e. The van der Waals surface area contributed by atoms with Gasteiger partial charge in [-0.15, -0.1) is 11.8 Å². The van der Waals surface area contributed by atoms with Crippen LogP contribution in [0.3, 0.4) is 0 Å². The Balaban J connectivity index is 1.54. The van der Waals surface area contributed by atoms with Crippen molar-refractivity contribution in [2.45, 2.75) is 39.2 Å². The number of aromatic nitrogens is 1. The molecule has 0 radical (unpaired) electrons. The van der Waals surface area contributed by atoms with Gasteiger partial charge in [0.05, 0.1) is 5.75 Å². The van der Waals surface area contributed by atoms with Crippen molar-refractivity contribution < 1.29 is 19.1 Å². The zero-order chi connectivity index (χ0) is 21.4. The molecule has 0 spiro atoms. The Morgan fingerprint density at radius 3 is 2.90 bits per heavy atom. The zero-order valence-electron chi connectivity index (χ0n) is 17.8. The molecule has 1 saturated heterocycles. The van der Waals surface area contributed by atoms with Crippen LogP contribution in [0.5, 0.6) is 5.88 Å². The van der Waals surface area contributed by atoms with Gasteiger partial charge in [0.25, 0.3) is 0 Å². The molecule has 166 valence electrons. The summed E-state index contributed by atoms with van der Waals surface area (Å²) in [4.78, 5) is 29.5. The third-order valence-electron chi connectivity index (χ3n) is 4.58. The molecule has 30 heavy (non-hydrogen) atoms. The molecule has 8 heteroatoms. The summed E-state index contributed by atoms with van der Waals surface area (Å²) in [5, 5.41) is 2.82. The Bertz CT molecular complexity index is 678. The fraction of sp³-hybridized carbons (Fsp3) is 0.591. The molecule has 0 aromatic carbocycles. The molecule has 1 N–H and O–H groups in total. The van der Waals surface area contributed by atoms with E-state index < -0.39 is 0 Å². The van der Waals surface area contributed by atoms with Gasteiger partial charge in [-0.05, 0) is 43.6 Å². The van der Waals surface area contributed by atoms with E-state index >= 15 is 0 Å². The van der Waals surface area contributed by atoms with Crippen molar-refractivity contribution in [2.24, 2.45) is 0 Å². The highest BCUT2D eigenvalue weighted by atomic mass is 32.2. The number of rotatable bonds is 13. The van der Waals surface area contributed by atoms with Gasteiger partial charge in [-0.3, -0.25) is 14.5 Å². The molecule has 2 rings (SSSR count). The summed E-state index contributed by atoms with van der Waals surface area (Å²) >= 11 is 1.44. The van der Waals surface area contributed by atoms with Gasteiger partial charge in [0.15, 0.2) is 0 Å². The predicted octanol–water partition coefficient (Wildman–Crippen LogP) is 2.81. The summed E-state index contributed by atoms with van der Waals surface area (Å²) in [5.41, 5.74) is 1.22. The van der Waals surface area contributed by atoms with Crippen LogP contribution >= 0.6 is 11.8 Å².